The van der Waals surface area contributed by atoms with Gasteiger partial charge in [0.2, 0.25) is 0 Å². The molecule has 1 aromatic rings. The molecule has 1 aliphatic heterocycles. The third-order valence-electron chi connectivity index (χ3n) is 3.20. The fourth-order valence-electron chi connectivity index (χ4n) is 2.26. The van der Waals surface area contributed by atoms with Crippen LogP contribution in [0.5, 0.6) is 0 Å². The van der Waals surface area contributed by atoms with Crippen LogP contribution in [0.15, 0.2) is 40.5 Å². The summed E-state index contributed by atoms with van der Waals surface area (Å²) in [5.74, 6) is -1.82. The lowest BCUT2D eigenvalue weighted by Gasteiger charge is -2.33. The van der Waals surface area contributed by atoms with Gasteiger partial charge in [-0.2, -0.15) is 0 Å². The Bertz CT molecular complexity index is 681. The van der Waals surface area contributed by atoms with Crippen LogP contribution in [0.4, 0.5) is 9.18 Å². The number of carbonyl (C=O) groups is 2. The molecule has 116 valence electrons. The Kier molecular flexibility index (Phi) is 4.11. The van der Waals surface area contributed by atoms with E-state index in [1.807, 2.05) is 0 Å². The molecule has 1 unspecified atom stereocenters. The molecule has 0 radical (unpaired) electrons. The van der Waals surface area contributed by atoms with E-state index in [4.69, 9.17) is 4.74 Å². The lowest BCUT2D eigenvalue weighted by Crippen LogP contribution is -2.44. The SMILES string of the molecule is COC1=NC(C)=C(C(=O)O)C(c2ccc(F)cc2)N1C(=O)O. The van der Waals surface area contributed by atoms with Crippen LogP contribution in [-0.2, 0) is 9.53 Å². The van der Waals surface area contributed by atoms with E-state index in [1.54, 1.807) is 0 Å². The Morgan fingerprint density at radius 1 is 1.27 bits per heavy atom. The number of amides is 1. The molecule has 0 bridgehead atoms. The minimum absolute atomic E-state index is 0.121. The third-order valence-corrected chi connectivity index (χ3v) is 3.20. The highest BCUT2D eigenvalue weighted by Crippen LogP contribution is 2.35. The van der Waals surface area contributed by atoms with Crippen LogP contribution in [0.2, 0.25) is 0 Å². The number of nitrogens with zero attached hydrogens (tertiary/aromatic N) is 2. The number of allylic oxidation sites excluding steroid dienone is 1. The maximum absolute atomic E-state index is 13.1. The predicted octanol–water partition coefficient (Wildman–Crippen LogP) is 2.22. The highest BCUT2D eigenvalue weighted by molar-refractivity contribution is 5.98. The van der Waals surface area contributed by atoms with Crippen molar-refractivity contribution in [1.82, 2.24) is 4.90 Å². The van der Waals surface area contributed by atoms with Crippen LogP contribution in [0.3, 0.4) is 0 Å². The zero-order chi connectivity index (χ0) is 16.4. The molecule has 0 saturated heterocycles. The van der Waals surface area contributed by atoms with Crippen molar-refractivity contribution in [1.29, 1.82) is 0 Å². The molecule has 1 atom stereocenters. The second-order valence-corrected chi connectivity index (χ2v) is 4.51. The number of rotatable bonds is 2. The molecule has 1 aliphatic rings. The van der Waals surface area contributed by atoms with E-state index < -0.39 is 23.9 Å². The Balaban J connectivity index is 2.67. The van der Waals surface area contributed by atoms with Crippen LogP contribution in [0.1, 0.15) is 18.5 Å². The number of methoxy groups -OCH3 is 1. The van der Waals surface area contributed by atoms with E-state index in [0.717, 1.165) is 12.1 Å². The number of halogens is 1. The first-order valence-electron chi connectivity index (χ1n) is 6.21. The van der Waals surface area contributed by atoms with Crippen molar-refractivity contribution in [3.8, 4) is 0 Å². The van der Waals surface area contributed by atoms with Crippen LogP contribution in [-0.4, -0.2) is 40.3 Å². The summed E-state index contributed by atoms with van der Waals surface area (Å²) in [5, 5.41) is 18.8. The molecule has 1 amide bonds. The van der Waals surface area contributed by atoms with Gasteiger partial charge in [-0.1, -0.05) is 12.1 Å². The van der Waals surface area contributed by atoms with Gasteiger partial charge in [-0.3, -0.25) is 0 Å². The fraction of sp³-hybridized carbons (Fsp3) is 0.214. The monoisotopic (exact) mass is 308 g/mol. The summed E-state index contributed by atoms with van der Waals surface area (Å²) in [6.07, 6.45) is -1.43. The molecule has 22 heavy (non-hydrogen) atoms. The summed E-state index contributed by atoms with van der Waals surface area (Å²) in [4.78, 5) is 27.6. The van der Waals surface area contributed by atoms with Gasteiger partial charge in [0.1, 0.15) is 11.9 Å². The number of carboxylic acids is 1. The smallest absolute Gasteiger partial charge is 0.416 e. The van der Waals surface area contributed by atoms with Gasteiger partial charge in [0.15, 0.2) is 0 Å². The van der Waals surface area contributed by atoms with Crippen molar-refractivity contribution in [2.45, 2.75) is 13.0 Å². The molecule has 0 aliphatic carbocycles. The number of carboxylic acid groups (broad SMARTS) is 2. The molecule has 0 saturated carbocycles. The van der Waals surface area contributed by atoms with Gasteiger partial charge in [0.25, 0.3) is 0 Å². The number of ether oxygens (including phenoxy) is 1. The number of amidine groups is 1. The van der Waals surface area contributed by atoms with Gasteiger partial charge in [0.05, 0.1) is 18.4 Å². The first-order chi connectivity index (χ1) is 10.4. The largest absolute Gasteiger partial charge is 0.478 e. The molecular formula is C14H13FN2O5. The van der Waals surface area contributed by atoms with Crippen molar-refractivity contribution >= 4 is 18.1 Å². The quantitative estimate of drug-likeness (QED) is 0.872. The Morgan fingerprint density at radius 2 is 1.86 bits per heavy atom. The van der Waals surface area contributed by atoms with Crippen molar-refractivity contribution in [3.63, 3.8) is 0 Å². The first-order valence-corrected chi connectivity index (χ1v) is 6.21. The third kappa shape index (κ3) is 2.62. The molecule has 7 nitrogen and oxygen atoms in total. The Labute approximate surface area is 125 Å². The van der Waals surface area contributed by atoms with Gasteiger partial charge < -0.3 is 14.9 Å². The number of aliphatic imine (C=N–C) groups is 1. The van der Waals surface area contributed by atoms with Crippen LogP contribution in [0.25, 0.3) is 0 Å². The number of hydrogen-bond acceptors (Lipinski definition) is 4. The van der Waals surface area contributed by atoms with E-state index >= 15 is 0 Å². The molecule has 2 N–H and O–H groups in total. The zero-order valence-corrected chi connectivity index (χ0v) is 11.8. The van der Waals surface area contributed by atoms with Crippen LogP contribution in [0, 0.1) is 5.82 Å². The van der Waals surface area contributed by atoms with E-state index in [2.05, 4.69) is 4.99 Å². The van der Waals surface area contributed by atoms with E-state index in [1.165, 1.54) is 26.2 Å². The second kappa shape index (κ2) is 5.84. The summed E-state index contributed by atoms with van der Waals surface area (Å²) in [6.45, 7) is 1.44. The Morgan fingerprint density at radius 3 is 2.32 bits per heavy atom. The standard InChI is InChI=1S/C14H13FN2O5/c1-7-10(12(18)19)11(8-3-5-9(15)6-4-8)17(14(20)21)13(16-7)22-2/h3-6,11H,1-2H3,(H,18,19)(H,20,21). The molecule has 2 rings (SSSR count). The van der Waals surface area contributed by atoms with Crippen molar-refractivity contribution in [2.75, 3.05) is 7.11 Å². The van der Waals surface area contributed by atoms with E-state index in [9.17, 15) is 24.2 Å². The molecule has 1 heterocycles. The lowest BCUT2D eigenvalue weighted by molar-refractivity contribution is -0.133. The number of benzene rings is 1. The lowest BCUT2D eigenvalue weighted by atomic mass is 9.95. The van der Waals surface area contributed by atoms with Crippen LogP contribution >= 0.6 is 0 Å². The summed E-state index contributed by atoms with van der Waals surface area (Å²) < 4.78 is 18.0. The fourth-order valence-corrected chi connectivity index (χ4v) is 2.26. The van der Waals surface area contributed by atoms with Gasteiger partial charge in [0, 0.05) is 0 Å². The highest BCUT2D eigenvalue weighted by atomic mass is 19.1. The predicted molar refractivity (Wildman–Crippen MR) is 73.8 cm³/mol. The van der Waals surface area contributed by atoms with Gasteiger partial charge in [-0.25, -0.2) is 23.9 Å². The maximum Gasteiger partial charge on any atom is 0.416 e. The molecule has 8 heteroatoms. The summed E-state index contributed by atoms with van der Waals surface area (Å²) >= 11 is 0. The normalized spacial score (nSPS) is 18.0. The topological polar surface area (TPSA) is 99.4 Å². The van der Waals surface area contributed by atoms with Crippen molar-refractivity contribution < 1.29 is 28.9 Å². The summed E-state index contributed by atoms with van der Waals surface area (Å²) in [6, 6.07) is 3.48. The molecule has 0 aromatic heterocycles. The summed E-state index contributed by atoms with van der Waals surface area (Å²) in [5.41, 5.74) is 0.205. The van der Waals surface area contributed by atoms with E-state index in [0.29, 0.717) is 10.5 Å². The molecule has 0 fully saturated rings. The first kappa shape index (κ1) is 15.5. The minimum Gasteiger partial charge on any atom is -0.478 e. The van der Waals surface area contributed by atoms with Gasteiger partial charge in [-0.05, 0) is 24.6 Å². The van der Waals surface area contributed by atoms with Crippen molar-refractivity contribution in [2.24, 2.45) is 4.99 Å². The van der Waals surface area contributed by atoms with Gasteiger partial charge >= 0.3 is 18.1 Å². The van der Waals surface area contributed by atoms with Crippen molar-refractivity contribution in [3.05, 3.63) is 46.9 Å². The Hall–Kier alpha value is -2.90. The average Bonchev–Trinajstić information content (AvgIpc) is 2.45. The summed E-state index contributed by atoms with van der Waals surface area (Å²) in [7, 11) is 1.23. The van der Waals surface area contributed by atoms with E-state index in [-0.39, 0.29) is 17.3 Å². The molecular weight excluding hydrogens is 295 g/mol. The highest BCUT2D eigenvalue weighted by Gasteiger charge is 2.40. The molecule has 1 aromatic carbocycles. The minimum atomic E-state index is -1.43. The average molecular weight is 308 g/mol. The second-order valence-electron chi connectivity index (χ2n) is 4.51. The maximum atomic E-state index is 13.1. The number of hydrogen-bond donors (Lipinski definition) is 2. The van der Waals surface area contributed by atoms with Gasteiger partial charge in [-0.15, -0.1) is 0 Å². The van der Waals surface area contributed by atoms with Crippen LogP contribution < -0.4 is 0 Å². The number of aliphatic carboxylic acids is 1. The molecule has 0 spiro atoms. The zero-order valence-electron chi connectivity index (χ0n) is 11.8.